The van der Waals surface area contributed by atoms with Gasteiger partial charge in [-0.2, -0.15) is 0 Å². The molecular formula is C11H21NO3S. The van der Waals surface area contributed by atoms with E-state index in [1.54, 1.807) is 4.90 Å². The summed E-state index contributed by atoms with van der Waals surface area (Å²) in [4.78, 5) is 13.5. The zero-order valence-corrected chi connectivity index (χ0v) is 11.3. The summed E-state index contributed by atoms with van der Waals surface area (Å²) in [7, 11) is -3.01. The van der Waals surface area contributed by atoms with E-state index in [1.807, 2.05) is 20.8 Å². The SMILES string of the molecule is CC(C)(C)CC(=O)N1CC[C@@H](S(C)(=O)=O)C1. The molecule has 1 amide bonds. The quantitative estimate of drug-likeness (QED) is 0.733. The molecule has 1 atom stereocenters. The van der Waals surface area contributed by atoms with Gasteiger partial charge in [0.2, 0.25) is 5.91 Å². The van der Waals surface area contributed by atoms with E-state index in [0.29, 0.717) is 25.9 Å². The Balaban J connectivity index is 2.57. The van der Waals surface area contributed by atoms with Gasteiger partial charge in [0.25, 0.3) is 0 Å². The third kappa shape index (κ3) is 3.77. The Bertz CT molecular complexity index is 367. The first-order valence-corrected chi connectivity index (χ1v) is 7.52. The number of carbonyl (C=O) groups is 1. The van der Waals surface area contributed by atoms with Crippen molar-refractivity contribution in [1.29, 1.82) is 0 Å². The smallest absolute Gasteiger partial charge is 0.223 e. The minimum atomic E-state index is -3.01. The largest absolute Gasteiger partial charge is 0.341 e. The fourth-order valence-corrected chi connectivity index (χ4v) is 2.85. The normalized spacial score (nSPS) is 22.5. The molecule has 0 aliphatic carbocycles. The van der Waals surface area contributed by atoms with Crippen LogP contribution >= 0.6 is 0 Å². The number of carbonyl (C=O) groups excluding carboxylic acids is 1. The van der Waals surface area contributed by atoms with Gasteiger partial charge in [-0.3, -0.25) is 4.79 Å². The first-order valence-electron chi connectivity index (χ1n) is 5.56. The maximum atomic E-state index is 11.9. The summed E-state index contributed by atoms with van der Waals surface area (Å²) in [6, 6.07) is 0. The van der Waals surface area contributed by atoms with Crippen LogP contribution in [0.25, 0.3) is 0 Å². The molecule has 4 nitrogen and oxygen atoms in total. The number of sulfone groups is 1. The monoisotopic (exact) mass is 247 g/mol. The Morgan fingerprint density at radius 1 is 1.38 bits per heavy atom. The topological polar surface area (TPSA) is 54.5 Å². The number of amides is 1. The molecule has 1 saturated heterocycles. The van der Waals surface area contributed by atoms with Crippen LogP contribution in [0.1, 0.15) is 33.6 Å². The van der Waals surface area contributed by atoms with Crippen molar-refractivity contribution < 1.29 is 13.2 Å². The Labute approximate surface area is 97.9 Å². The molecule has 1 fully saturated rings. The molecule has 1 aliphatic rings. The molecule has 0 unspecified atom stereocenters. The Kier molecular flexibility index (Phi) is 3.67. The highest BCUT2D eigenvalue weighted by Crippen LogP contribution is 2.23. The molecule has 0 bridgehead atoms. The first-order chi connectivity index (χ1) is 7.09. The van der Waals surface area contributed by atoms with Crippen LogP contribution in [0.5, 0.6) is 0 Å². The van der Waals surface area contributed by atoms with Crippen molar-refractivity contribution in [3.63, 3.8) is 0 Å². The van der Waals surface area contributed by atoms with Crippen LogP contribution in [0.2, 0.25) is 0 Å². The van der Waals surface area contributed by atoms with Gasteiger partial charge in [-0.05, 0) is 11.8 Å². The van der Waals surface area contributed by atoms with Gasteiger partial charge in [-0.25, -0.2) is 8.42 Å². The average molecular weight is 247 g/mol. The van der Waals surface area contributed by atoms with Crippen molar-refractivity contribution >= 4 is 15.7 Å². The van der Waals surface area contributed by atoms with Crippen LogP contribution in [0, 0.1) is 5.41 Å². The van der Waals surface area contributed by atoms with Gasteiger partial charge in [0.15, 0.2) is 9.84 Å². The second-order valence-electron chi connectivity index (χ2n) is 5.82. The Hall–Kier alpha value is -0.580. The third-order valence-electron chi connectivity index (χ3n) is 2.78. The van der Waals surface area contributed by atoms with Crippen LogP contribution in [-0.4, -0.2) is 43.8 Å². The van der Waals surface area contributed by atoms with Gasteiger partial charge in [0, 0.05) is 25.8 Å². The summed E-state index contributed by atoms with van der Waals surface area (Å²) in [6.07, 6.45) is 2.30. The van der Waals surface area contributed by atoms with Crippen LogP contribution in [-0.2, 0) is 14.6 Å². The zero-order chi connectivity index (χ0) is 12.6. The summed E-state index contributed by atoms with van der Waals surface area (Å²) in [5, 5.41) is -0.364. The summed E-state index contributed by atoms with van der Waals surface area (Å²) in [6.45, 7) is 6.97. The molecule has 0 aromatic rings. The van der Waals surface area contributed by atoms with Crippen molar-refractivity contribution in [2.75, 3.05) is 19.3 Å². The number of hydrogen-bond acceptors (Lipinski definition) is 3. The van der Waals surface area contributed by atoms with E-state index in [-0.39, 0.29) is 16.6 Å². The van der Waals surface area contributed by atoms with Crippen molar-refractivity contribution in [1.82, 2.24) is 4.90 Å². The van der Waals surface area contributed by atoms with E-state index in [4.69, 9.17) is 0 Å². The molecule has 0 saturated carbocycles. The predicted molar refractivity (Wildman–Crippen MR) is 63.9 cm³/mol. The lowest BCUT2D eigenvalue weighted by molar-refractivity contribution is -0.131. The molecule has 1 aliphatic heterocycles. The highest BCUT2D eigenvalue weighted by atomic mass is 32.2. The van der Waals surface area contributed by atoms with Gasteiger partial charge in [-0.15, -0.1) is 0 Å². The molecule has 1 rings (SSSR count). The predicted octanol–water partition coefficient (Wildman–Crippen LogP) is 1.07. The molecule has 0 radical (unpaired) electrons. The second kappa shape index (κ2) is 4.35. The lowest BCUT2D eigenvalue weighted by Crippen LogP contribution is -2.33. The van der Waals surface area contributed by atoms with Crippen molar-refractivity contribution in [2.45, 2.75) is 38.9 Å². The zero-order valence-electron chi connectivity index (χ0n) is 10.5. The third-order valence-corrected chi connectivity index (χ3v) is 4.38. The fraction of sp³-hybridized carbons (Fsp3) is 0.909. The van der Waals surface area contributed by atoms with Gasteiger partial charge >= 0.3 is 0 Å². The van der Waals surface area contributed by atoms with Gasteiger partial charge in [0.1, 0.15) is 0 Å². The molecule has 0 aromatic heterocycles. The van der Waals surface area contributed by atoms with Crippen LogP contribution in [0.3, 0.4) is 0 Å². The van der Waals surface area contributed by atoms with E-state index in [2.05, 4.69) is 0 Å². The maximum absolute atomic E-state index is 11.9. The minimum Gasteiger partial charge on any atom is -0.341 e. The first kappa shape index (κ1) is 13.5. The summed E-state index contributed by atoms with van der Waals surface area (Å²) >= 11 is 0. The molecule has 16 heavy (non-hydrogen) atoms. The summed E-state index contributed by atoms with van der Waals surface area (Å²) < 4.78 is 22.7. The van der Waals surface area contributed by atoms with Gasteiger partial charge in [-0.1, -0.05) is 20.8 Å². The van der Waals surface area contributed by atoms with E-state index in [1.165, 1.54) is 6.26 Å². The molecule has 94 valence electrons. The van der Waals surface area contributed by atoms with E-state index in [9.17, 15) is 13.2 Å². The van der Waals surface area contributed by atoms with Crippen LogP contribution in [0.4, 0.5) is 0 Å². The van der Waals surface area contributed by atoms with Crippen molar-refractivity contribution in [3.05, 3.63) is 0 Å². The fourth-order valence-electron chi connectivity index (χ4n) is 1.87. The number of rotatable bonds is 2. The molecular weight excluding hydrogens is 226 g/mol. The van der Waals surface area contributed by atoms with Gasteiger partial charge < -0.3 is 4.90 Å². The number of hydrogen-bond donors (Lipinski definition) is 0. The van der Waals surface area contributed by atoms with E-state index < -0.39 is 9.84 Å². The Morgan fingerprint density at radius 3 is 2.31 bits per heavy atom. The van der Waals surface area contributed by atoms with Crippen LogP contribution < -0.4 is 0 Å². The second-order valence-corrected chi connectivity index (χ2v) is 8.14. The standard InChI is InChI=1S/C11H21NO3S/c1-11(2,3)7-10(13)12-6-5-9(8-12)16(4,14)15/h9H,5-8H2,1-4H3/t9-/m1/s1. The number of nitrogens with zero attached hydrogens (tertiary/aromatic N) is 1. The van der Waals surface area contributed by atoms with Crippen molar-refractivity contribution in [2.24, 2.45) is 5.41 Å². The molecule has 0 spiro atoms. The van der Waals surface area contributed by atoms with E-state index >= 15 is 0 Å². The minimum absolute atomic E-state index is 0.0414. The van der Waals surface area contributed by atoms with E-state index in [0.717, 1.165) is 0 Å². The summed E-state index contributed by atoms with van der Waals surface area (Å²) in [5.74, 6) is 0.0682. The highest BCUT2D eigenvalue weighted by Gasteiger charge is 2.33. The van der Waals surface area contributed by atoms with Crippen molar-refractivity contribution in [3.8, 4) is 0 Å². The molecule has 1 heterocycles. The van der Waals surface area contributed by atoms with Gasteiger partial charge in [0.05, 0.1) is 5.25 Å². The maximum Gasteiger partial charge on any atom is 0.223 e. The number of likely N-dealkylation sites (tertiary alicyclic amines) is 1. The van der Waals surface area contributed by atoms with Crippen LogP contribution in [0.15, 0.2) is 0 Å². The molecule has 0 N–H and O–H groups in total. The molecule has 5 heteroatoms. The Morgan fingerprint density at radius 2 is 1.94 bits per heavy atom. The highest BCUT2D eigenvalue weighted by molar-refractivity contribution is 7.91. The lowest BCUT2D eigenvalue weighted by Gasteiger charge is -2.22. The summed E-state index contributed by atoms with van der Waals surface area (Å²) in [5.41, 5.74) is -0.0414. The lowest BCUT2D eigenvalue weighted by atomic mass is 9.92. The molecule has 0 aromatic carbocycles. The average Bonchev–Trinajstić information content (AvgIpc) is 2.46.